The predicted molar refractivity (Wildman–Crippen MR) is 99.6 cm³/mol. The van der Waals surface area contributed by atoms with Crippen molar-refractivity contribution in [2.24, 2.45) is 0 Å². The lowest BCUT2D eigenvalue weighted by atomic mass is 10.1. The first-order valence-electron chi connectivity index (χ1n) is 9.03. The molecule has 1 atom stereocenters. The Kier molecular flexibility index (Phi) is 5.14. The Hall–Kier alpha value is -3.07. The van der Waals surface area contributed by atoms with E-state index in [1.54, 1.807) is 19.4 Å². The molecule has 0 unspecified atom stereocenters. The fourth-order valence-electron chi connectivity index (χ4n) is 3.37. The van der Waals surface area contributed by atoms with E-state index in [0.29, 0.717) is 24.4 Å². The molecule has 3 aromatic rings. The molecular weight excluding hydrogens is 385 g/mol. The second-order valence-electron chi connectivity index (χ2n) is 6.63. The average molecular weight is 404 g/mol. The van der Waals surface area contributed by atoms with Crippen molar-refractivity contribution in [1.82, 2.24) is 15.0 Å². The largest absolute Gasteiger partial charge is 0.495 e. The molecule has 29 heavy (non-hydrogen) atoms. The van der Waals surface area contributed by atoms with Gasteiger partial charge in [-0.25, -0.2) is 4.68 Å². The summed E-state index contributed by atoms with van der Waals surface area (Å²) in [4.78, 5) is 2.03. The Balaban J connectivity index is 1.54. The molecule has 1 aromatic heterocycles. The second kappa shape index (κ2) is 7.75. The van der Waals surface area contributed by atoms with Gasteiger partial charge in [0.05, 0.1) is 37.7 Å². The van der Waals surface area contributed by atoms with Crippen molar-refractivity contribution in [3.05, 3.63) is 71.5 Å². The van der Waals surface area contributed by atoms with Crippen LogP contribution in [0.2, 0.25) is 0 Å². The minimum absolute atomic E-state index is 0.179. The summed E-state index contributed by atoms with van der Waals surface area (Å²) < 4.78 is 51.5. The van der Waals surface area contributed by atoms with Crippen molar-refractivity contribution in [2.45, 2.75) is 18.9 Å². The molecule has 0 N–H and O–H groups in total. The van der Waals surface area contributed by atoms with Gasteiger partial charge >= 0.3 is 6.18 Å². The first-order chi connectivity index (χ1) is 14.0. The molecule has 152 valence electrons. The van der Waals surface area contributed by atoms with Crippen LogP contribution in [0.5, 0.6) is 5.75 Å². The molecule has 0 aliphatic carbocycles. The summed E-state index contributed by atoms with van der Waals surface area (Å²) in [6.45, 7) is 1.35. The normalized spacial score (nSPS) is 17.0. The third kappa shape index (κ3) is 4.04. The second-order valence-corrected chi connectivity index (χ2v) is 6.63. The van der Waals surface area contributed by atoms with Crippen molar-refractivity contribution in [1.29, 1.82) is 0 Å². The fourth-order valence-corrected chi connectivity index (χ4v) is 3.37. The van der Waals surface area contributed by atoms with Crippen LogP contribution in [0.3, 0.4) is 0 Å². The van der Waals surface area contributed by atoms with Crippen molar-refractivity contribution in [3.63, 3.8) is 0 Å². The smallest absolute Gasteiger partial charge is 0.416 e. The maximum Gasteiger partial charge on any atom is 0.416 e. The summed E-state index contributed by atoms with van der Waals surface area (Å²) in [5.41, 5.74) is 1.27. The van der Waals surface area contributed by atoms with Gasteiger partial charge in [-0.2, -0.15) is 13.2 Å². The molecular formula is C20H19F3N4O2. The summed E-state index contributed by atoms with van der Waals surface area (Å²) in [6.07, 6.45) is -3.13. The van der Waals surface area contributed by atoms with E-state index in [4.69, 9.17) is 9.47 Å². The van der Waals surface area contributed by atoms with Crippen LogP contribution in [0.25, 0.3) is 0 Å². The molecule has 4 rings (SSSR count). The summed E-state index contributed by atoms with van der Waals surface area (Å²) in [5, 5.41) is 8.25. The van der Waals surface area contributed by atoms with Crippen molar-refractivity contribution >= 4 is 5.69 Å². The zero-order valence-corrected chi connectivity index (χ0v) is 15.6. The van der Waals surface area contributed by atoms with Gasteiger partial charge in [-0.05, 0) is 29.8 Å². The van der Waals surface area contributed by atoms with E-state index in [0.717, 1.165) is 23.6 Å². The Morgan fingerprint density at radius 2 is 2.00 bits per heavy atom. The molecule has 0 radical (unpaired) electrons. The standard InChI is InChI=1S/C20H19F3N4O2/c1-28-18-8-3-2-7-17(18)27-9-10-29-19(27)16-13-26(25-24-16)12-14-5-4-6-15(11-14)20(21,22)23/h2-8,11,13,19H,9-10,12H2,1H3/t19-/m1/s1. The van der Waals surface area contributed by atoms with Crippen molar-refractivity contribution in [3.8, 4) is 5.75 Å². The van der Waals surface area contributed by atoms with Gasteiger partial charge < -0.3 is 14.4 Å². The van der Waals surface area contributed by atoms with Gasteiger partial charge in [0.1, 0.15) is 11.4 Å². The Morgan fingerprint density at radius 1 is 1.17 bits per heavy atom. The number of aromatic nitrogens is 3. The van der Waals surface area contributed by atoms with Gasteiger partial charge in [0.25, 0.3) is 0 Å². The first kappa shape index (κ1) is 19.3. The highest BCUT2D eigenvalue weighted by atomic mass is 19.4. The summed E-state index contributed by atoms with van der Waals surface area (Å²) in [5.74, 6) is 0.722. The number of nitrogens with zero attached hydrogens (tertiary/aromatic N) is 4. The molecule has 0 amide bonds. The summed E-state index contributed by atoms with van der Waals surface area (Å²) in [7, 11) is 1.61. The molecule has 1 aliphatic rings. The molecule has 1 saturated heterocycles. The number of alkyl halides is 3. The fraction of sp³-hybridized carbons (Fsp3) is 0.300. The third-order valence-electron chi connectivity index (χ3n) is 4.69. The highest BCUT2D eigenvalue weighted by molar-refractivity contribution is 5.59. The zero-order valence-electron chi connectivity index (χ0n) is 15.6. The van der Waals surface area contributed by atoms with Crippen LogP contribution in [0, 0.1) is 0 Å². The maximum absolute atomic E-state index is 12.9. The lowest BCUT2D eigenvalue weighted by Gasteiger charge is -2.25. The van der Waals surface area contributed by atoms with E-state index >= 15 is 0 Å². The van der Waals surface area contributed by atoms with Crippen LogP contribution in [-0.4, -0.2) is 35.3 Å². The van der Waals surface area contributed by atoms with Crippen LogP contribution < -0.4 is 9.64 Å². The molecule has 2 heterocycles. The van der Waals surface area contributed by atoms with E-state index in [1.807, 2.05) is 29.2 Å². The monoisotopic (exact) mass is 404 g/mol. The molecule has 6 nitrogen and oxygen atoms in total. The Labute approximate surface area is 165 Å². The first-order valence-corrected chi connectivity index (χ1v) is 9.03. The van der Waals surface area contributed by atoms with E-state index in [1.165, 1.54) is 10.7 Å². The van der Waals surface area contributed by atoms with Crippen molar-refractivity contribution in [2.75, 3.05) is 25.2 Å². The predicted octanol–water partition coefficient (Wildman–Crippen LogP) is 3.89. The van der Waals surface area contributed by atoms with E-state index in [9.17, 15) is 13.2 Å². The average Bonchev–Trinajstić information content (AvgIpc) is 3.36. The summed E-state index contributed by atoms with van der Waals surface area (Å²) >= 11 is 0. The third-order valence-corrected chi connectivity index (χ3v) is 4.69. The minimum atomic E-state index is -4.38. The number of hydrogen-bond donors (Lipinski definition) is 0. The van der Waals surface area contributed by atoms with Crippen LogP contribution in [-0.2, 0) is 17.5 Å². The minimum Gasteiger partial charge on any atom is -0.495 e. The van der Waals surface area contributed by atoms with Crippen LogP contribution >= 0.6 is 0 Å². The number of halogens is 3. The number of methoxy groups -OCH3 is 1. The van der Waals surface area contributed by atoms with E-state index < -0.39 is 18.0 Å². The number of ether oxygens (including phenoxy) is 2. The Morgan fingerprint density at radius 3 is 2.79 bits per heavy atom. The molecule has 0 saturated carbocycles. The molecule has 9 heteroatoms. The quantitative estimate of drug-likeness (QED) is 0.646. The van der Waals surface area contributed by atoms with Gasteiger partial charge in [-0.15, -0.1) is 5.10 Å². The van der Waals surface area contributed by atoms with Gasteiger partial charge in [0.15, 0.2) is 6.23 Å². The highest BCUT2D eigenvalue weighted by Crippen LogP contribution is 2.36. The SMILES string of the molecule is COc1ccccc1N1CCO[C@@H]1c1cn(Cc2cccc(C(F)(F)F)c2)nn1. The van der Waals surface area contributed by atoms with Gasteiger partial charge in [-0.1, -0.05) is 29.5 Å². The number of rotatable bonds is 5. The number of anilines is 1. The van der Waals surface area contributed by atoms with Gasteiger partial charge in [0.2, 0.25) is 0 Å². The molecule has 0 bridgehead atoms. The topological polar surface area (TPSA) is 52.4 Å². The number of benzene rings is 2. The van der Waals surface area contributed by atoms with Crippen LogP contribution in [0.4, 0.5) is 18.9 Å². The van der Waals surface area contributed by atoms with Crippen LogP contribution in [0.1, 0.15) is 23.0 Å². The zero-order chi connectivity index (χ0) is 20.4. The van der Waals surface area contributed by atoms with Crippen LogP contribution in [0.15, 0.2) is 54.7 Å². The number of para-hydroxylation sites is 2. The molecule has 0 spiro atoms. The lowest BCUT2D eigenvalue weighted by Crippen LogP contribution is -2.24. The van der Waals surface area contributed by atoms with E-state index in [2.05, 4.69) is 10.3 Å². The van der Waals surface area contributed by atoms with Crippen molar-refractivity contribution < 1.29 is 22.6 Å². The lowest BCUT2D eigenvalue weighted by molar-refractivity contribution is -0.137. The number of hydrogen-bond acceptors (Lipinski definition) is 5. The molecule has 1 aliphatic heterocycles. The van der Waals surface area contributed by atoms with Gasteiger partial charge in [0, 0.05) is 6.54 Å². The van der Waals surface area contributed by atoms with E-state index in [-0.39, 0.29) is 6.54 Å². The Bertz CT molecular complexity index is 990. The molecule has 2 aromatic carbocycles. The van der Waals surface area contributed by atoms with Gasteiger partial charge in [-0.3, -0.25) is 0 Å². The molecule has 1 fully saturated rings. The summed E-state index contributed by atoms with van der Waals surface area (Å²) in [6, 6.07) is 12.8. The highest BCUT2D eigenvalue weighted by Gasteiger charge is 2.32. The maximum atomic E-state index is 12.9.